The van der Waals surface area contributed by atoms with E-state index in [2.05, 4.69) is 15.7 Å². The van der Waals surface area contributed by atoms with Gasteiger partial charge in [0, 0.05) is 23.4 Å². The van der Waals surface area contributed by atoms with Crippen LogP contribution in [-0.2, 0) is 11.3 Å². The molecule has 1 fully saturated rings. The van der Waals surface area contributed by atoms with Crippen molar-refractivity contribution in [1.82, 2.24) is 15.1 Å². The molecule has 2 heterocycles. The molecular formula is C24H25ClF2N4O3. The fourth-order valence-corrected chi connectivity index (χ4v) is 3.73. The van der Waals surface area contributed by atoms with Crippen molar-refractivity contribution < 1.29 is 18.3 Å². The first-order chi connectivity index (χ1) is 16.0. The van der Waals surface area contributed by atoms with Crippen LogP contribution in [0.3, 0.4) is 0 Å². The number of hydrogen-bond acceptors (Lipinski definition) is 5. The molecule has 3 aromatic rings. The van der Waals surface area contributed by atoms with Gasteiger partial charge in [0.15, 0.2) is 0 Å². The van der Waals surface area contributed by atoms with E-state index in [1.165, 1.54) is 16.8 Å². The Balaban J connectivity index is 0.00000324. The lowest BCUT2D eigenvalue weighted by atomic mass is 9.99. The van der Waals surface area contributed by atoms with E-state index in [0.29, 0.717) is 23.8 Å². The number of anilines is 1. The molecule has 34 heavy (non-hydrogen) atoms. The summed E-state index contributed by atoms with van der Waals surface area (Å²) in [5, 5.41) is 10.2. The van der Waals surface area contributed by atoms with Gasteiger partial charge in [0.05, 0.1) is 18.8 Å². The predicted octanol–water partition coefficient (Wildman–Crippen LogP) is 4.21. The van der Waals surface area contributed by atoms with E-state index < -0.39 is 17.7 Å². The second-order valence-electron chi connectivity index (χ2n) is 7.99. The number of carbonyl (C=O) groups is 1. The van der Waals surface area contributed by atoms with Gasteiger partial charge in [0.25, 0.3) is 5.56 Å². The third-order valence-corrected chi connectivity index (χ3v) is 5.44. The molecule has 0 spiro atoms. The summed E-state index contributed by atoms with van der Waals surface area (Å²) < 4.78 is 33.7. The summed E-state index contributed by atoms with van der Waals surface area (Å²) in [6.07, 6.45) is 1.42. The van der Waals surface area contributed by atoms with Crippen molar-refractivity contribution in [2.45, 2.75) is 19.4 Å². The van der Waals surface area contributed by atoms with Crippen molar-refractivity contribution in [2.24, 2.45) is 5.92 Å². The van der Waals surface area contributed by atoms with Gasteiger partial charge in [-0.15, -0.1) is 12.4 Å². The van der Waals surface area contributed by atoms with Crippen LogP contribution in [0.25, 0.3) is 11.3 Å². The number of piperidine rings is 1. The topological polar surface area (TPSA) is 85.2 Å². The van der Waals surface area contributed by atoms with Gasteiger partial charge in [0.1, 0.15) is 11.6 Å². The van der Waals surface area contributed by atoms with E-state index in [9.17, 15) is 18.4 Å². The average Bonchev–Trinajstić information content (AvgIpc) is 2.79. The number of rotatable bonds is 6. The lowest BCUT2D eigenvalue weighted by molar-refractivity contribution is 0.131. The number of benzene rings is 2. The first kappa shape index (κ1) is 25.3. The van der Waals surface area contributed by atoms with Crippen LogP contribution < -0.4 is 16.2 Å². The zero-order valence-electron chi connectivity index (χ0n) is 18.3. The zero-order valence-corrected chi connectivity index (χ0v) is 19.1. The van der Waals surface area contributed by atoms with Crippen molar-refractivity contribution in [3.63, 3.8) is 0 Å². The van der Waals surface area contributed by atoms with Crippen LogP contribution in [0, 0.1) is 17.6 Å². The van der Waals surface area contributed by atoms with E-state index in [4.69, 9.17) is 4.74 Å². The van der Waals surface area contributed by atoms with Crippen molar-refractivity contribution >= 4 is 24.2 Å². The van der Waals surface area contributed by atoms with Gasteiger partial charge < -0.3 is 10.1 Å². The van der Waals surface area contributed by atoms with Crippen LogP contribution in [-0.4, -0.2) is 35.6 Å². The number of ether oxygens (including phenoxy) is 1. The molecule has 1 aliphatic heterocycles. The van der Waals surface area contributed by atoms with Gasteiger partial charge in [-0.05, 0) is 67.7 Å². The minimum absolute atomic E-state index is 0. The maximum atomic E-state index is 13.6. The maximum Gasteiger partial charge on any atom is 0.411 e. The van der Waals surface area contributed by atoms with Crippen molar-refractivity contribution in [1.29, 1.82) is 0 Å². The highest BCUT2D eigenvalue weighted by atomic mass is 35.5. The van der Waals surface area contributed by atoms with Gasteiger partial charge in [-0.2, -0.15) is 5.10 Å². The molecule has 180 valence electrons. The highest BCUT2D eigenvalue weighted by molar-refractivity contribution is 5.85. The number of amides is 1. The van der Waals surface area contributed by atoms with Crippen LogP contribution in [0.5, 0.6) is 0 Å². The summed E-state index contributed by atoms with van der Waals surface area (Å²) in [7, 11) is 0. The Morgan fingerprint density at radius 2 is 1.82 bits per heavy atom. The van der Waals surface area contributed by atoms with Crippen LogP contribution in [0.15, 0.2) is 59.4 Å². The first-order valence-corrected chi connectivity index (χ1v) is 10.7. The van der Waals surface area contributed by atoms with E-state index in [1.807, 2.05) is 0 Å². The number of nitrogens with zero attached hydrogens (tertiary/aromatic N) is 2. The van der Waals surface area contributed by atoms with Crippen LogP contribution in [0.4, 0.5) is 19.3 Å². The molecule has 1 aromatic heterocycles. The Labute approximate surface area is 201 Å². The SMILES string of the molecule is Cl.O=C(Nc1cccc(Cn2nc(-c3cc(F)cc(F)c3)ccc2=O)c1)OCC1CCNCC1. The van der Waals surface area contributed by atoms with Gasteiger partial charge in [-0.1, -0.05) is 12.1 Å². The van der Waals surface area contributed by atoms with E-state index >= 15 is 0 Å². The quantitative estimate of drug-likeness (QED) is 0.541. The number of nitrogens with one attached hydrogen (secondary N) is 2. The summed E-state index contributed by atoms with van der Waals surface area (Å²) in [6.45, 7) is 2.35. The van der Waals surface area contributed by atoms with Crippen molar-refractivity contribution in [3.05, 3.63) is 82.1 Å². The van der Waals surface area contributed by atoms with Gasteiger partial charge in [-0.25, -0.2) is 18.3 Å². The van der Waals surface area contributed by atoms with Gasteiger partial charge >= 0.3 is 6.09 Å². The predicted molar refractivity (Wildman–Crippen MR) is 127 cm³/mol. The van der Waals surface area contributed by atoms with Crippen LogP contribution in [0.1, 0.15) is 18.4 Å². The fourth-order valence-electron chi connectivity index (χ4n) is 3.73. The first-order valence-electron chi connectivity index (χ1n) is 10.7. The molecule has 1 aliphatic rings. The summed E-state index contributed by atoms with van der Waals surface area (Å²) in [5.41, 5.74) is 1.37. The Bertz CT molecular complexity index is 1180. The number of aromatic nitrogens is 2. The summed E-state index contributed by atoms with van der Waals surface area (Å²) in [6, 6.07) is 12.8. The largest absolute Gasteiger partial charge is 0.449 e. The van der Waals surface area contributed by atoms with E-state index in [1.54, 1.807) is 24.3 Å². The molecule has 0 saturated carbocycles. The molecule has 4 rings (SSSR count). The monoisotopic (exact) mass is 490 g/mol. The van der Waals surface area contributed by atoms with Crippen LogP contribution >= 0.6 is 12.4 Å². The third-order valence-electron chi connectivity index (χ3n) is 5.44. The highest BCUT2D eigenvalue weighted by Gasteiger charge is 2.15. The lowest BCUT2D eigenvalue weighted by Crippen LogP contribution is -2.31. The molecule has 0 bridgehead atoms. The van der Waals surface area contributed by atoms with Gasteiger partial charge in [-0.3, -0.25) is 10.1 Å². The molecule has 0 radical (unpaired) electrons. The Kier molecular flexibility index (Phi) is 8.72. The smallest absolute Gasteiger partial charge is 0.411 e. The molecule has 2 aromatic carbocycles. The summed E-state index contributed by atoms with van der Waals surface area (Å²) in [4.78, 5) is 24.5. The number of carbonyl (C=O) groups excluding carboxylic acids is 1. The second-order valence-corrected chi connectivity index (χ2v) is 7.99. The Morgan fingerprint density at radius 3 is 2.56 bits per heavy atom. The molecule has 10 heteroatoms. The second kappa shape index (κ2) is 11.7. The van der Waals surface area contributed by atoms with Gasteiger partial charge in [0.2, 0.25) is 0 Å². The highest BCUT2D eigenvalue weighted by Crippen LogP contribution is 2.19. The van der Waals surface area contributed by atoms with Crippen molar-refractivity contribution in [2.75, 3.05) is 25.0 Å². The molecule has 0 unspecified atom stereocenters. The number of hydrogen-bond donors (Lipinski definition) is 2. The molecule has 1 amide bonds. The van der Waals surface area contributed by atoms with E-state index in [-0.39, 0.29) is 35.8 Å². The molecule has 7 nitrogen and oxygen atoms in total. The number of halogens is 3. The normalized spacial score (nSPS) is 13.7. The molecular weight excluding hydrogens is 466 g/mol. The summed E-state index contributed by atoms with van der Waals surface area (Å²) >= 11 is 0. The zero-order chi connectivity index (χ0) is 23.2. The maximum absolute atomic E-state index is 13.6. The molecule has 0 atom stereocenters. The van der Waals surface area contributed by atoms with E-state index in [0.717, 1.165) is 44.1 Å². The third kappa shape index (κ3) is 6.85. The minimum Gasteiger partial charge on any atom is -0.449 e. The fraction of sp³-hybridized carbons (Fsp3) is 0.292. The lowest BCUT2D eigenvalue weighted by Gasteiger charge is -2.22. The standard InChI is InChI=1S/C24H24F2N4O3.ClH/c25-19-11-18(12-20(26)13-19)22-4-5-23(31)30(29-22)14-17-2-1-3-21(10-17)28-24(32)33-15-16-6-8-27-9-7-16;/h1-5,10-13,16,27H,6-9,14-15H2,(H,28,32);1H. The Hall–Kier alpha value is -3.30. The Morgan fingerprint density at radius 1 is 1.09 bits per heavy atom. The average molecular weight is 491 g/mol. The minimum atomic E-state index is -0.727. The van der Waals surface area contributed by atoms with Crippen molar-refractivity contribution in [3.8, 4) is 11.3 Å². The van der Waals surface area contributed by atoms with Crippen LogP contribution in [0.2, 0.25) is 0 Å². The molecule has 0 aliphatic carbocycles. The molecule has 1 saturated heterocycles. The summed E-state index contributed by atoms with van der Waals surface area (Å²) in [5.74, 6) is -1.09. The molecule has 2 N–H and O–H groups in total.